The number of benzene rings is 1. The quantitative estimate of drug-likeness (QED) is 0.549. The van der Waals surface area contributed by atoms with E-state index in [9.17, 15) is 9.18 Å². The molecule has 4 aromatic rings. The van der Waals surface area contributed by atoms with Gasteiger partial charge >= 0.3 is 0 Å². The predicted octanol–water partition coefficient (Wildman–Crippen LogP) is 4.17. The van der Waals surface area contributed by atoms with Gasteiger partial charge in [0.05, 0.1) is 15.4 Å². The first-order valence-electron chi connectivity index (χ1n) is 7.86. The van der Waals surface area contributed by atoms with E-state index in [-0.39, 0.29) is 11.6 Å². The third-order valence-corrected chi connectivity index (χ3v) is 5.07. The summed E-state index contributed by atoms with van der Waals surface area (Å²) in [4.78, 5) is 24.9. The Morgan fingerprint density at radius 3 is 2.80 bits per heavy atom. The first-order chi connectivity index (χ1) is 12.2. The number of aromatic amines is 1. The van der Waals surface area contributed by atoms with Gasteiger partial charge in [0.15, 0.2) is 0 Å². The number of nitrogens with one attached hydrogen (secondary N) is 1. The largest absolute Gasteiger partial charge is 0.345 e. The summed E-state index contributed by atoms with van der Waals surface area (Å²) >= 11 is 1.40. The summed E-state index contributed by atoms with van der Waals surface area (Å²) in [6.07, 6.45) is 6.49. The number of hydrogen-bond acceptors (Lipinski definition) is 4. The van der Waals surface area contributed by atoms with Gasteiger partial charge in [-0.3, -0.25) is 4.79 Å². The number of rotatable bonds is 5. The third kappa shape index (κ3) is 3.21. The second-order valence-corrected chi connectivity index (χ2v) is 6.79. The molecule has 0 saturated carbocycles. The number of carbonyl (C=O) groups excluding carboxylic acids is 1. The van der Waals surface area contributed by atoms with Gasteiger partial charge in [-0.1, -0.05) is 12.1 Å². The molecule has 0 spiro atoms. The summed E-state index contributed by atoms with van der Waals surface area (Å²) in [6.45, 7) is 0. The number of pyridine rings is 1. The molecule has 6 heteroatoms. The highest BCUT2D eigenvalue weighted by molar-refractivity contribution is 7.13. The van der Waals surface area contributed by atoms with Crippen molar-refractivity contribution >= 4 is 28.2 Å². The first kappa shape index (κ1) is 15.7. The number of halogens is 1. The standard InChI is InChI=1S/C19H14FN3OS/c20-13-6-3-12(4-7-13)5-8-17-22-11-16(25-17)18(24)15-10-23-19-14(15)2-1-9-21-19/h1-4,6-7,9-11H,5,8H2,(H,21,23). The molecule has 1 aromatic carbocycles. The van der Waals surface area contributed by atoms with Gasteiger partial charge < -0.3 is 4.98 Å². The summed E-state index contributed by atoms with van der Waals surface area (Å²) in [5.41, 5.74) is 2.36. The molecule has 0 radical (unpaired) electrons. The van der Waals surface area contributed by atoms with Crippen LogP contribution in [0.3, 0.4) is 0 Å². The van der Waals surface area contributed by atoms with E-state index in [1.807, 2.05) is 12.1 Å². The monoisotopic (exact) mass is 351 g/mol. The summed E-state index contributed by atoms with van der Waals surface area (Å²) in [5, 5.41) is 1.71. The van der Waals surface area contributed by atoms with Crippen molar-refractivity contribution in [3.8, 4) is 0 Å². The van der Waals surface area contributed by atoms with Crippen molar-refractivity contribution in [3.05, 3.63) is 81.8 Å². The van der Waals surface area contributed by atoms with Crippen molar-refractivity contribution in [2.75, 3.05) is 0 Å². The van der Waals surface area contributed by atoms with E-state index < -0.39 is 0 Å². The number of H-pyrrole nitrogens is 1. The second kappa shape index (κ2) is 6.57. The molecular weight excluding hydrogens is 337 g/mol. The molecule has 0 bridgehead atoms. The number of carbonyl (C=O) groups is 1. The molecule has 0 aliphatic heterocycles. The molecule has 4 rings (SSSR count). The van der Waals surface area contributed by atoms with Gasteiger partial charge in [0.25, 0.3) is 0 Å². The van der Waals surface area contributed by atoms with Gasteiger partial charge in [0.2, 0.25) is 5.78 Å². The van der Waals surface area contributed by atoms with Crippen LogP contribution in [0.5, 0.6) is 0 Å². The van der Waals surface area contributed by atoms with Crippen molar-refractivity contribution in [2.24, 2.45) is 0 Å². The topological polar surface area (TPSA) is 58.6 Å². The lowest BCUT2D eigenvalue weighted by molar-refractivity contribution is 0.104. The van der Waals surface area contributed by atoms with Crippen LogP contribution >= 0.6 is 11.3 Å². The zero-order valence-electron chi connectivity index (χ0n) is 13.2. The smallest absolute Gasteiger partial charge is 0.206 e. The predicted molar refractivity (Wildman–Crippen MR) is 95.4 cm³/mol. The van der Waals surface area contributed by atoms with Crippen molar-refractivity contribution in [1.82, 2.24) is 15.0 Å². The van der Waals surface area contributed by atoms with Crippen LogP contribution < -0.4 is 0 Å². The molecular formula is C19H14FN3OS. The lowest BCUT2D eigenvalue weighted by atomic mass is 10.1. The van der Waals surface area contributed by atoms with E-state index in [0.29, 0.717) is 16.1 Å². The van der Waals surface area contributed by atoms with Crippen LogP contribution in [0.2, 0.25) is 0 Å². The molecule has 4 nitrogen and oxygen atoms in total. The Morgan fingerprint density at radius 2 is 1.96 bits per heavy atom. The van der Waals surface area contributed by atoms with Gasteiger partial charge in [-0.05, 0) is 36.2 Å². The Bertz CT molecular complexity index is 1040. The maximum Gasteiger partial charge on any atom is 0.206 e. The normalized spacial score (nSPS) is 11.1. The Kier molecular flexibility index (Phi) is 4.11. The van der Waals surface area contributed by atoms with Crippen LogP contribution in [-0.4, -0.2) is 20.7 Å². The van der Waals surface area contributed by atoms with Crippen LogP contribution in [0.1, 0.15) is 25.8 Å². The Labute approximate surface area is 147 Å². The van der Waals surface area contributed by atoms with E-state index in [1.54, 1.807) is 30.7 Å². The number of aryl methyl sites for hydroxylation is 2. The van der Waals surface area contributed by atoms with Gasteiger partial charge in [0.1, 0.15) is 11.5 Å². The van der Waals surface area contributed by atoms with Gasteiger partial charge in [-0.25, -0.2) is 14.4 Å². The second-order valence-electron chi connectivity index (χ2n) is 5.68. The SMILES string of the molecule is O=C(c1cnc(CCc2ccc(F)cc2)s1)c1c[nH]c2ncccc12. The molecule has 1 N–H and O–H groups in total. The van der Waals surface area contributed by atoms with Crippen molar-refractivity contribution in [3.63, 3.8) is 0 Å². The zero-order valence-corrected chi connectivity index (χ0v) is 14.0. The number of nitrogens with zero attached hydrogens (tertiary/aromatic N) is 2. The summed E-state index contributed by atoms with van der Waals surface area (Å²) in [6, 6.07) is 10.1. The van der Waals surface area contributed by atoms with E-state index in [2.05, 4.69) is 15.0 Å². The average molecular weight is 351 g/mol. The summed E-state index contributed by atoms with van der Waals surface area (Å²) in [7, 11) is 0. The van der Waals surface area contributed by atoms with Crippen LogP contribution in [0.15, 0.2) is 55.0 Å². The molecule has 0 aliphatic rings. The van der Waals surface area contributed by atoms with Crippen LogP contribution in [-0.2, 0) is 12.8 Å². The van der Waals surface area contributed by atoms with Gasteiger partial charge in [-0.2, -0.15) is 0 Å². The maximum atomic E-state index is 12.9. The average Bonchev–Trinajstić information content (AvgIpc) is 3.28. The minimum absolute atomic E-state index is 0.0511. The molecule has 0 amide bonds. The molecule has 3 aromatic heterocycles. The van der Waals surface area contributed by atoms with E-state index in [1.165, 1.54) is 23.5 Å². The minimum atomic E-state index is -0.237. The van der Waals surface area contributed by atoms with Crippen molar-refractivity contribution in [1.29, 1.82) is 0 Å². The fraction of sp³-hybridized carbons (Fsp3) is 0.105. The lowest BCUT2D eigenvalue weighted by Gasteiger charge is -1.98. The van der Waals surface area contributed by atoms with Crippen LogP contribution in [0.4, 0.5) is 4.39 Å². The molecule has 124 valence electrons. The Balaban J connectivity index is 1.50. The number of hydrogen-bond donors (Lipinski definition) is 1. The highest BCUT2D eigenvalue weighted by Crippen LogP contribution is 2.23. The molecule has 0 aliphatic carbocycles. The highest BCUT2D eigenvalue weighted by atomic mass is 32.1. The minimum Gasteiger partial charge on any atom is -0.345 e. The fourth-order valence-corrected chi connectivity index (χ4v) is 3.58. The fourth-order valence-electron chi connectivity index (χ4n) is 2.71. The Hall–Kier alpha value is -2.86. The van der Waals surface area contributed by atoms with Crippen LogP contribution in [0.25, 0.3) is 11.0 Å². The first-order valence-corrected chi connectivity index (χ1v) is 8.68. The van der Waals surface area contributed by atoms with Gasteiger partial charge in [0, 0.05) is 30.4 Å². The summed E-state index contributed by atoms with van der Waals surface area (Å²) < 4.78 is 12.9. The zero-order chi connectivity index (χ0) is 17.2. The summed E-state index contributed by atoms with van der Waals surface area (Å²) in [5.74, 6) is -0.288. The van der Waals surface area contributed by atoms with E-state index in [4.69, 9.17) is 0 Å². The van der Waals surface area contributed by atoms with Gasteiger partial charge in [-0.15, -0.1) is 11.3 Å². The molecule has 0 fully saturated rings. The maximum absolute atomic E-state index is 12.9. The number of fused-ring (bicyclic) bond motifs is 1. The van der Waals surface area contributed by atoms with Crippen molar-refractivity contribution < 1.29 is 9.18 Å². The molecule has 0 saturated heterocycles. The molecule has 3 heterocycles. The third-order valence-electron chi connectivity index (χ3n) is 4.01. The highest BCUT2D eigenvalue weighted by Gasteiger charge is 2.17. The van der Waals surface area contributed by atoms with E-state index in [0.717, 1.165) is 28.8 Å². The number of aromatic nitrogens is 3. The molecule has 0 unspecified atom stereocenters. The lowest BCUT2D eigenvalue weighted by Crippen LogP contribution is -1.97. The van der Waals surface area contributed by atoms with Crippen molar-refractivity contribution in [2.45, 2.75) is 12.8 Å². The molecule has 0 atom stereocenters. The van der Waals surface area contributed by atoms with E-state index >= 15 is 0 Å². The number of thiazole rings is 1. The van der Waals surface area contributed by atoms with Crippen LogP contribution in [0, 0.1) is 5.82 Å². The molecule has 25 heavy (non-hydrogen) atoms. The number of ketones is 1. The Morgan fingerprint density at radius 1 is 1.12 bits per heavy atom.